The SMILES string of the molecule is O=C(c1cnn2ccccc12)N1CCc2[nH]cnc2C1c1cc2c(C(F)F)cccn2n1. The lowest BCUT2D eigenvalue weighted by atomic mass is 9.98. The van der Waals surface area contributed by atoms with Crippen LogP contribution in [0.5, 0.6) is 0 Å². The van der Waals surface area contributed by atoms with Crippen molar-refractivity contribution in [3.05, 3.63) is 89.5 Å². The molecule has 160 valence electrons. The van der Waals surface area contributed by atoms with Crippen LogP contribution in [0.25, 0.3) is 11.0 Å². The molecule has 1 amide bonds. The summed E-state index contributed by atoms with van der Waals surface area (Å²) < 4.78 is 30.2. The number of hydrogen-bond acceptors (Lipinski definition) is 4. The van der Waals surface area contributed by atoms with Crippen molar-refractivity contribution in [2.45, 2.75) is 18.9 Å². The van der Waals surface area contributed by atoms with E-state index in [1.807, 2.05) is 18.2 Å². The van der Waals surface area contributed by atoms with Gasteiger partial charge in [-0.25, -0.2) is 22.8 Å². The summed E-state index contributed by atoms with van der Waals surface area (Å²) in [7, 11) is 0. The minimum Gasteiger partial charge on any atom is -0.348 e. The van der Waals surface area contributed by atoms with Crippen molar-refractivity contribution in [1.29, 1.82) is 0 Å². The lowest BCUT2D eigenvalue weighted by Crippen LogP contribution is -2.41. The highest BCUT2D eigenvalue weighted by Gasteiger charge is 2.37. The van der Waals surface area contributed by atoms with E-state index in [1.165, 1.54) is 16.6 Å². The number of H-pyrrole nitrogens is 1. The van der Waals surface area contributed by atoms with Crippen molar-refractivity contribution in [2.75, 3.05) is 6.54 Å². The Hall–Kier alpha value is -4.08. The molecule has 0 saturated carbocycles. The van der Waals surface area contributed by atoms with Crippen molar-refractivity contribution in [1.82, 2.24) is 34.1 Å². The van der Waals surface area contributed by atoms with Crippen LogP contribution in [0, 0.1) is 0 Å². The normalized spacial score (nSPS) is 16.2. The predicted octanol–water partition coefficient (Wildman–Crippen LogP) is 3.43. The molecule has 1 atom stereocenters. The van der Waals surface area contributed by atoms with Gasteiger partial charge in [-0.05, 0) is 30.3 Å². The molecule has 0 bridgehead atoms. The number of carbonyl (C=O) groups excluding carboxylic acids is 1. The van der Waals surface area contributed by atoms with Crippen LogP contribution in [-0.2, 0) is 6.42 Å². The molecule has 6 heterocycles. The number of nitrogens with one attached hydrogen (secondary N) is 1. The monoisotopic (exact) mass is 433 g/mol. The number of amides is 1. The summed E-state index contributed by atoms with van der Waals surface area (Å²) in [5, 5.41) is 8.83. The molecule has 5 aromatic rings. The maximum absolute atomic E-state index is 13.7. The van der Waals surface area contributed by atoms with Crippen molar-refractivity contribution in [2.24, 2.45) is 0 Å². The quantitative estimate of drug-likeness (QED) is 0.473. The fourth-order valence-electron chi connectivity index (χ4n) is 4.42. The Morgan fingerprint density at radius 3 is 2.88 bits per heavy atom. The third-order valence-corrected chi connectivity index (χ3v) is 5.91. The van der Waals surface area contributed by atoms with Gasteiger partial charge in [-0.3, -0.25) is 4.79 Å². The van der Waals surface area contributed by atoms with E-state index in [-0.39, 0.29) is 11.5 Å². The zero-order valence-electron chi connectivity index (χ0n) is 16.7. The molecule has 0 fully saturated rings. The Morgan fingerprint density at radius 2 is 2.00 bits per heavy atom. The van der Waals surface area contributed by atoms with Crippen LogP contribution in [0.1, 0.15) is 45.5 Å². The van der Waals surface area contributed by atoms with E-state index in [1.54, 1.807) is 40.4 Å². The molecule has 0 aliphatic carbocycles. The molecule has 1 unspecified atom stereocenters. The highest BCUT2D eigenvalue weighted by molar-refractivity contribution is 6.01. The standard InChI is InChI=1S/C22H17F2N7O/c23-21(24)13-4-3-8-31-18(13)10-16(28-31)20-19-15(25-12-26-19)6-9-29(20)22(32)14-11-27-30-7-2-1-5-17(14)30/h1-5,7-8,10-12,20-21H,6,9H2,(H,25,26). The molecule has 8 nitrogen and oxygen atoms in total. The van der Waals surface area contributed by atoms with Crippen LogP contribution in [-0.4, -0.2) is 46.5 Å². The number of fused-ring (bicyclic) bond motifs is 3. The lowest BCUT2D eigenvalue weighted by Gasteiger charge is -2.33. The number of halogens is 2. The van der Waals surface area contributed by atoms with Gasteiger partial charge >= 0.3 is 0 Å². The van der Waals surface area contributed by atoms with Crippen LogP contribution in [0.4, 0.5) is 8.78 Å². The zero-order chi connectivity index (χ0) is 21.8. The van der Waals surface area contributed by atoms with Gasteiger partial charge < -0.3 is 9.88 Å². The molecule has 1 aliphatic rings. The number of pyridine rings is 2. The summed E-state index contributed by atoms with van der Waals surface area (Å²) in [6.45, 7) is 0.429. The van der Waals surface area contributed by atoms with Gasteiger partial charge in [0.15, 0.2) is 0 Å². The Bertz CT molecular complexity index is 1470. The van der Waals surface area contributed by atoms with E-state index < -0.39 is 12.5 Å². The van der Waals surface area contributed by atoms with E-state index in [9.17, 15) is 13.6 Å². The first-order chi connectivity index (χ1) is 15.6. The number of nitrogens with zero attached hydrogens (tertiary/aromatic N) is 6. The van der Waals surface area contributed by atoms with Crippen LogP contribution in [0.2, 0.25) is 0 Å². The number of alkyl halides is 2. The van der Waals surface area contributed by atoms with Gasteiger partial charge in [-0.2, -0.15) is 10.2 Å². The van der Waals surface area contributed by atoms with Gasteiger partial charge in [-0.1, -0.05) is 6.07 Å². The van der Waals surface area contributed by atoms with E-state index in [2.05, 4.69) is 20.2 Å². The summed E-state index contributed by atoms with van der Waals surface area (Å²) in [5.74, 6) is -0.212. The molecule has 6 rings (SSSR count). The summed E-state index contributed by atoms with van der Waals surface area (Å²) in [6, 6.07) is 9.45. The van der Waals surface area contributed by atoms with Gasteiger partial charge in [0.05, 0.1) is 40.5 Å². The van der Waals surface area contributed by atoms with Crippen LogP contribution < -0.4 is 0 Å². The Morgan fingerprint density at radius 1 is 1.12 bits per heavy atom. The van der Waals surface area contributed by atoms with Gasteiger partial charge in [-0.15, -0.1) is 0 Å². The fourth-order valence-corrected chi connectivity index (χ4v) is 4.42. The molecule has 0 saturated heterocycles. The fraction of sp³-hybridized carbons (Fsp3) is 0.182. The number of imidazole rings is 1. The molecule has 0 aromatic carbocycles. The zero-order valence-corrected chi connectivity index (χ0v) is 16.7. The largest absolute Gasteiger partial charge is 0.348 e. The third kappa shape index (κ3) is 2.72. The molecule has 5 aromatic heterocycles. The predicted molar refractivity (Wildman–Crippen MR) is 111 cm³/mol. The van der Waals surface area contributed by atoms with Crippen LogP contribution in [0.15, 0.2) is 61.3 Å². The summed E-state index contributed by atoms with van der Waals surface area (Å²) >= 11 is 0. The first kappa shape index (κ1) is 18.7. The highest BCUT2D eigenvalue weighted by Crippen LogP contribution is 2.36. The minimum atomic E-state index is -2.63. The third-order valence-electron chi connectivity index (χ3n) is 5.91. The van der Waals surface area contributed by atoms with Crippen LogP contribution in [0.3, 0.4) is 0 Å². The highest BCUT2D eigenvalue weighted by atomic mass is 19.3. The number of rotatable bonds is 3. The number of aromatic nitrogens is 6. The van der Waals surface area contributed by atoms with Gasteiger partial charge in [0.25, 0.3) is 12.3 Å². The Labute approximate surface area is 180 Å². The maximum atomic E-state index is 13.7. The molecule has 0 radical (unpaired) electrons. The Balaban J connectivity index is 1.50. The number of carbonyl (C=O) groups is 1. The van der Waals surface area contributed by atoms with Crippen molar-refractivity contribution in [3.8, 4) is 0 Å². The van der Waals surface area contributed by atoms with Gasteiger partial charge in [0.2, 0.25) is 0 Å². The number of aromatic amines is 1. The van der Waals surface area contributed by atoms with E-state index in [0.717, 1.165) is 5.69 Å². The minimum absolute atomic E-state index is 0.107. The lowest BCUT2D eigenvalue weighted by molar-refractivity contribution is 0.0689. The second-order valence-electron chi connectivity index (χ2n) is 7.67. The molecular weight excluding hydrogens is 416 g/mol. The van der Waals surface area contributed by atoms with Gasteiger partial charge in [0.1, 0.15) is 6.04 Å². The first-order valence-corrected chi connectivity index (χ1v) is 10.1. The van der Waals surface area contributed by atoms with E-state index >= 15 is 0 Å². The smallest absolute Gasteiger partial charge is 0.265 e. The summed E-state index contributed by atoms with van der Waals surface area (Å²) in [5.41, 5.74) is 3.42. The van der Waals surface area contributed by atoms with E-state index in [0.29, 0.717) is 41.0 Å². The van der Waals surface area contributed by atoms with E-state index in [4.69, 9.17) is 0 Å². The summed E-state index contributed by atoms with van der Waals surface area (Å²) in [6.07, 6.45) is 4.50. The molecule has 1 N–H and O–H groups in total. The molecule has 10 heteroatoms. The molecule has 32 heavy (non-hydrogen) atoms. The Kier molecular flexibility index (Phi) is 4.07. The molecular formula is C22H17F2N7O. The summed E-state index contributed by atoms with van der Waals surface area (Å²) in [4.78, 5) is 22.9. The number of hydrogen-bond donors (Lipinski definition) is 1. The maximum Gasteiger partial charge on any atom is 0.265 e. The second kappa shape index (κ2) is 6.98. The first-order valence-electron chi connectivity index (χ1n) is 10.1. The van der Waals surface area contributed by atoms with Crippen molar-refractivity contribution >= 4 is 16.9 Å². The average Bonchev–Trinajstić information content (AvgIpc) is 3.54. The van der Waals surface area contributed by atoms with Crippen LogP contribution >= 0.6 is 0 Å². The second-order valence-corrected chi connectivity index (χ2v) is 7.67. The average molecular weight is 433 g/mol. The van der Waals surface area contributed by atoms with Crippen molar-refractivity contribution < 1.29 is 13.6 Å². The van der Waals surface area contributed by atoms with Gasteiger partial charge in [0, 0.05) is 36.6 Å². The van der Waals surface area contributed by atoms with Crippen molar-refractivity contribution in [3.63, 3.8) is 0 Å². The molecule has 1 aliphatic heterocycles. The molecule has 0 spiro atoms. The topological polar surface area (TPSA) is 83.6 Å².